The Labute approximate surface area is 194 Å². The molecule has 0 saturated heterocycles. The van der Waals surface area contributed by atoms with E-state index in [0.29, 0.717) is 36.9 Å². The number of imidazole rings is 1. The molecule has 9 nitrogen and oxygen atoms in total. The summed E-state index contributed by atoms with van der Waals surface area (Å²) < 4.78 is 16.1. The fourth-order valence-electron chi connectivity index (χ4n) is 4.28. The van der Waals surface area contributed by atoms with Crippen LogP contribution in [0.2, 0.25) is 0 Å². The lowest BCUT2D eigenvalue weighted by Crippen LogP contribution is -2.45. The molecule has 0 unspecified atom stereocenters. The molecule has 2 N–H and O–H groups in total. The molecule has 1 aliphatic heterocycles. The normalized spacial score (nSPS) is 13.6. The predicted octanol–water partition coefficient (Wildman–Crippen LogP) is 3.24. The Morgan fingerprint density at radius 3 is 2.55 bits per heavy atom. The first-order chi connectivity index (χ1) is 15.7. The third-order valence-electron chi connectivity index (χ3n) is 5.71. The largest absolute Gasteiger partial charge is 0.491 e. The molecule has 1 aliphatic rings. The average Bonchev–Trinajstić information content (AvgIpc) is 3.32. The van der Waals surface area contributed by atoms with Gasteiger partial charge in [-0.05, 0) is 45.2 Å². The van der Waals surface area contributed by atoms with Crippen LogP contribution < -0.4 is 9.47 Å². The summed E-state index contributed by atoms with van der Waals surface area (Å²) in [5, 5.41) is 24.4. The van der Waals surface area contributed by atoms with Crippen LogP contribution in [0.4, 0.5) is 0 Å². The lowest BCUT2D eigenvalue weighted by Gasteiger charge is -2.32. The van der Waals surface area contributed by atoms with Crippen molar-refractivity contribution in [1.29, 1.82) is 0 Å². The van der Waals surface area contributed by atoms with Crippen LogP contribution in [0.1, 0.15) is 46.0 Å². The molecule has 1 aromatic carbocycles. The number of aryl methyl sites for hydroxylation is 1. The second kappa shape index (κ2) is 9.15. The van der Waals surface area contributed by atoms with E-state index in [1.807, 2.05) is 43.8 Å². The number of aromatic nitrogens is 5. The first-order valence-electron chi connectivity index (χ1n) is 11.4. The first-order valence-corrected chi connectivity index (χ1v) is 11.4. The molecule has 0 aliphatic carbocycles. The molecule has 0 amide bonds. The van der Waals surface area contributed by atoms with Gasteiger partial charge < -0.3 is 24.3 Å². The van der Waals surface area contributed by atoms with Crippen molar-refractivity contribution in [2.24, 2.45) is 5.92 Å². The van der Waals surface area contributed by atoms with E-state index in [9.17, 15) is 10.2 Å². The molecule has 0 atom stereocenters. The zero-order chi connectivity index (χ0) is 23.8. The second-order valence-electron chi connectivity index (χ2n) is 9.37. The van der Waals surface area contributed by atoms with Crippen LogP contribution in [0.25, 0.3) is 22.9 Å². The molecule has 0 fully saturated rings. The third kappa shape index (κ3) is 4.60. The topological polar surface area (TPSA) is 107 Å². The number of benzene rings is 1. The summed E-state index contributed by atoms with van der Waals surface area (Å²) in [6.45, 7) is 10.7. The van der Waals surface area contributed by atoms with E-state index in [1.165, 1.54) is 0 Å². The van der Waals surface area contributed by atoms with Crippen molar-refractivity contribution in [3.8, 4) is 34.4 Å². The summed E-state index contributed by atoms with van der Waals surface area (Å²) in [5.74, 6) is 3.69. The molecular weight excluding hydrogens is 422 g/mol. The molecule has 2 aromatic heterocycles. The maximum absolute atomic E-state index is 9.93. The van der Waals surface area contributed by atoms with Crippen molar-refractivity contribution in [2.75, 3.05) is 19.8 Å². The van der Waals surface area contributed by atoms with Crippen molar-refractivity contribution >= 4 is 0 Å². The predicted molar refractivity (Wildman–Crippen MR) is 124 cm³/mol. The molecule has 4 rings (SSSR count). The van der Waals surface area contributed by atoms with Gasteiger partial charge in [-0.15, -0.1) is 0 Å². The number of hydrogen-bond donors (Lipinski definition) is 2. The molecule has 9 heteroatoms. The van der Waals surface area contributed by atoms with Gasteiger partial charge in [0.1, 0.15) is 35.4 Å². The minimum Gasteiger partial charge on any atom is -0.491 e. The van der Waals surface area contributed by atoms with E-state index >= 15 is 0 Å². The highest BCUT2D eigenvalue weighted by atomic mass is 16.5. The van der Waals surface area contributed by atoms with E-state index in [2.05, 4.69) is 28.5 Å². The van der Waals surface area contributed by atoms with Crippen molar-refractivity contribution in [1.82, 2.24) is 24.3 Å². The zero-order valence-corrected chi connectivity index (χ0v) is 19.9. The Bertz CT molecular complexity index is 1110. The van der Waals surface area contributed by atoms with E-state index in [1.54, 1.807) is 6.07 Å². The Kier molecular flexibility index (Phi) is 6.45. The van der Waals surface area contributed by atoms with Gasteiger partial charge in [-0.3, -0.25) is 0 Å². The van der Waals surface area contributed by atoms with E-state index in [-0.39, 0.29) is 25.2 Å². The Balaban J connectivity index is 1.70. The van der Waals surface area contributed by atoms with Gasteiger partial charge in [-0.2, -0.15) is 5.10 Å². The number of aliphatic hydroxyl groups excluding tert-OH is 2. The molecular formula is C24H33N5O4. The van der Waals surface area contributed by atoms with Crippen LogP contribution in [-0.2, 0) is 6.54 Å². The van der Waals surface area contributed by atoms with Gasteiger partial charge in [0.25, 0.3) is 0 Å². The SMILES string of the molecule is Cc1nc(-c2cn3c(n2)-c2ccc(OC(CO)(CO)CC(C)C)cc2OCC3)n(C(C)C)n1. The highest BCUT2D eigenvalue weighted by Crippen LogP contribution is 2.37. The fraction of sp³-hybridized carbons (Fsp3) is 0.542. The third-order valence-corrected chi connectivity index (χ3v) is 5.71. The van der Waals surface area contributed by atoms with E-state index in [4.69, 9.17) is 14.5 Å². The van der Waals surface area contributed by atoms with Crippen molar-refractivity contribution in [2.45, 2.75) is 59.2 Å². The average molecular weight is 456 g/mol. The number of aliphatic hydroxyl groups is 2. The molecule has 0 bridgehead atoms. The first kappa shape index (κ1) is 23.3. The molecule has 0 saturated carbocycles. The Morgan fingerprint density at radius 2 is 1.88 bits per heavy atom. The van der Waals surface area contributed by atoms with Gasteiger partial charge in [-0.25, -0.2) is 14.6 Å². The van der Waals surface area contributed by atoms with Gasteiger partial charge >= 0.3 is 0 Å². The lowest BCUT2D eigenvalue weighted by atomic mass is 9.93. The van der Waals surface area contributed by atoms with Crippen LogP contribution in [0.3, 0.4) is 0 Å². The molecule has 178 valence electrons. The zero-order valence-electron chi connectivity index (χ0n) is 19.9. The molecule has 3 heterocycles. The van der Waals surface area contributed by atoms with Gasteiger partial charge in [0.05, 0.1) is 25.3 Å². The summed E-state index contributed by atoms with van der Waals surface area (Å²) in [7, 11) is 0. The summed E-state index contributed by atoms with van der Waals surface area (Å²) in [5.41, 5.74) is 0.572. The molecule has 3 aromatic rings. The van der Waals surface area contributed by atoms with Crippen molar-refractivity contribution in [3.63, 3.8) is 0 Å². The summed E-state index contributed by atoms with van der Waals surface area (Å²) in [6, 6.07) is 5.71. The Hall–Kier alpha value is -2.91. The molecule has 33 heavy (non-hydrogen) atoms. The highest BCUT2D eigenvalue weighted by Gasteiger charge is 2.33. The van der Waals surface area contributed by atoms with Crippen molar-refractivity contribution in [3.05, 3.63) is 30.2 Å². The van der Waals surface area contributed by atoms with Gasteiger partial charge in [-0.1, -0.05) is 13.8 Å². The minimum absolute atomic E-state index is 0.169. The van der Waals surface area contributed by atoms with Crippen LogP contribution >= 0.6 is 0 Å². The van der Waals surface area contributed by atoms with Crippen LogP contribution in [0, 0.1) is 12.8 Å². The molecule has 0 radical (unpaired) electrons. The number of rotatable bonds is 8. The number of ether oxygens (including phenoxy) is 2. The quantitative estimate of drug-likeness (QED) is 0.537. The second-order valence-corrected chi connectivity index (χ2v) is 9.37. The number of nitrogens with zero attached hydrogens (tertiary/aromatic N) is 5. The maximum atomic E-state index is 9.93. The van der Waals surface area contributed by atoms with Crippen LogP contribution in [0.5, 0.6) is 11.5 Å². The standard InChI is InChI=1S/C24H33N5O4/c1-15(2)11-24(13-30,14-31)33-18-6-7-19-21(10-18)32-9-8-28-12-20(26-22(19)28)23-25-17(5)27-29(23)16(3)4/h6-7,10,12,15-16,30-31H,8-9,11,13-14H2,1-5H3. The van der Waals surface area contributed by atoms with E-state index < -0.39 is 5.60 Å². The number of hydrogen-bond acceptors (Lipinski definition) is 7. The maximum Gasteiger partial charge on any atom is 0.178 e. The smallest absolute Gasteiger partial charge is 0.178 e. The summed E-state index contributed by atoms with van der Waals surface area (Å²) in [4.78, 5) is 9.49. The molecule has 0 spiro atoms. The van der Waals surface area contributed by atoms with Gasteiger partial charge in [0.15, 0.2) is 11.4 Å². The summed E-state index contributed by atoms with van der Waals surface area (Å²) in [6.07, 6.45) is 2.52. The summed E-state index contributed by atoms with van der Waals surface area (Å²) >= 11 is 0. The van der Waals surface area contributed by atoms with Gasteiger partial charge in [0.2, 0.25) is 0 Å². The highest BCUT2D eigenvalue weighted by molar-refractivity contribution is 5.69. The van der Waals surface area contributed by atoms with Crippen LogP contribution in [-0.4, -0.2) is 60.0 Å². The lowest BCUT2D eigenvalue weighted by molar-refractivity contribution is -0.0473. The van der Waals surface area contributed by atoms with Crippen molar-refractivity contribution < 1.29 is 19.7 Å². The monoisotopic (exact) mass is 455 g/mol. The van der Waals surface area contributed by atoms with Crippen LogP contribution in [0.15, 0.2) is 24.4 Å². The number of fused-ring (bicyclic) bond motifs is 3. The fourth-order valence-corrected chi connectivity index (χ4v) is 4.28. The van der Waals surface area contributed by atoms with Gasteiger partial charge in [0, 0.05) is 18.3 Å². The van der Waals surface area contributed by atoms with E-state index in [0.717, 1.165) is 22.9 Å². The Morgan fingerprint density at radius 1 is 1.12 bits per heavy atom. The minimum atomic E-state index is -1.04.